The minimum atomic E-state index is -0.602. The van der Waals surface area contributed by atoms with E-state index in [9.17, 15) is 14.3 Å². The van der Waals surface area contributed by atoms with Crippen LogP contribution in [0.3, 0.4) is 0 Å². The number of hydrogen-bond donors (Lipinski definition) is 3. The predicted octanol–water partition coefficient (Wildman–Crippen LogP) is 3.52. The van der Waals surface area contributed by atoms with E-state index in [-0.39, 0.29) is 17.4 Å². The molecule has 1 aromatic heterocycles. The lowest BCUT2D eigenvalue weighted by Crippen LogP contribution is -2.40. The van der Waals surface area contributed by atoms with Crippen LogP contribution in [-0.4, -0.2) is 39.3 Å². The van der Waals surface area contributed by atoms with Crippen molar-refractivity contribution in [3.05, 3.63) is 69.9 Å². The lowest BCUT2D eigenvalue weighted by Gasteiger charge is -2.33. The van der Waals surface area contributed by atoms with E-state index in [1.54, 1.807) is 6.07 Å². The van der Waals surface area contributed by atoms with Crippen LogP contribution < -0.4 is 5.69 Å². The maximum absolute atomic E-state index is 14.9. The van der Waals surface area contributed by atoms with Crippen molar-refractivity contribution in [3.8, 4) is 0 Å². The summed E-state index contributed by atoms with van der Waals surface area (Å²) < 4.78 is 14.9. The first-order chi connectivity index (χ1) is 13.6. The summed E-state index contributed by atoms with van der Waals surface area (Å²) in [5.74, 6) is -0.545. The number of likely N-dealkylation sites (tertiary alicyclic amines) is 1. The van der Waals surface area contributed by atoms with E-state index in [1.165, 1.54) is 12.5 Å². The minimum Gasteiger partial charge on any atom is -0.378 e. The van der Waals surface area contributed by atoms with E-state index in [0.29, 0.717) is 29.4 Å². The number of aromatic nitrogens is 2. The SMILES string of the molecule is O=c1[nH]c2cc(F)c([C@@H](Cc3ccccc3)CC(O)N3CCCCC3)cc2[nH]1. The van der Waals surface area contributed by atoms with Crippen LogP contribution in [-0.2, 0) is 6.42 Å². The third kappa shape index (κ3) is 4.18. The second-order valence-electron chi connectivity index (χ2n) is 7.70. The van der Waals surface area contributed by atoms with Crippen molar-refractivity contribution in [2.24, 2.45) is 0 Å². The van der Waals surface area contributed by atoms with E-state index in [0.717, 1.165) is 31.5 Å². The number of fused-ring (bicyclic) bond motifs is 1. The van der Waals surface area contributed by atoms with Crippen molar-refractivity contribution < 1.29 is 9.50 Å². The molecule has 1 aliphatic rings. The Kier molecular flexibility index (Phi) is 5.59. The maximum atomic E-state index is 14.9. The number of H-pyrrole nitrogens is 2. The Morgan fingerprint density at radius 2 is 1.71 bits per heavy atom. The van der Waals surface area contributed by atoms with E-state index >= 15 is 0 Å². The summed E-state index contributed by atoms with van der Waals surface area (Å²) in [5, 5.41) is 10.8. The monoisotopic (exact) mass is 383 g/mol. The molecule has 1 unspecified atom stereocenters. The molecular weight excluding hydrogens is 357 g/mol. The molecule has 2 atom stereocenters. The molecule has 0 bridgehead atoms. The van der Waals surface area contributed by atoms with Gasteiger partial charge in [-0.3, -0.25) is 4.90 Å². The van der Waals surface area contributed by atoms with Gasteiger partial charge in [0.05, 0.1) is 11.0 Å². The van der Waals surface area contributed by atoms with Crippen molar-refractivity contribution in [2.75, 3.05) is 13.1 Å². The largest absolute Gasteiger partial charge is 0.378 e. The van der Waals surface area contributed by atoms with Crippen molar-refractivity contribution in [1.82, 2.24) is 14.9 Å². The molecule has 4 rings (SSSR count). The van der Waals surface area contributed by atoms with Gasteiger partial charge in [-0.25, -0.2) is 9.18 Å². The van der Waals surface area contributed by atoms with Crippen molar-refractivity contribution in [3.63, 3.8) is 0 Å². The minimum absolute atomic E-state index is 0.192. The number of aliphatic hydroxyl groups excluding tert-OH is 1. The number of piperidine rings is 1. The van der Waals surface area contributed by atoms with Gasteiger partial charge in [-0.1, -0.05) is 36.8 Å². The van der Waals surface area contributed by atoms with Crippen LogP contribution in [0.15, 0.2) is 47.3 Å². The molecule has 3 aromatic rings. The first-order valence-electron chi connectivity index (χ1n) is 9.97. The molecule has 6 heteroatoms. The first-order valence-corrected chi connectivity index (χ1v) is 9.97. The van der Waals surface area contributed by atoms with Gasteiger partial charge in [0.15, 0.2) is 0 Å². The summed E-state index contributed by atoms with van der Waals surface area (Å²) >= 11 is 0. The van der Waals surface area contributed by atoms with Crippen molar-refractivity contribution in [2.45, 2.75) is 44.2 Å². The third-order valence-corrected chi connectivity index (χ3v) is 5.71. The van der Waals surface area contributed by atoms with E-state index in [1.807, 2.05) is 30.3 Å². The highest BCUT2D eigenvalue weighted by atomic mass is 19.1. The number of nitrogens with zero attached hydrogens (tertiary/aromatic N) is 1. The Labute approximate surface area is 163 Å². The van der Waals surface area contributed by atoms with Crippen LogP contribution >= 0.6 is 0 Å². The molecule has 1 aliphatic heterocycles. The first kappa shape index (κ1) is 18.9. The molecule has 0 spiro atoms. The number of hydrogen-bond acceptors (Lipinski definition) is 3. The maximum Gasteiger partial charge on any atom is 0.323 e. The Morgan fingerprint density at radius 3 is 2.43 bits per heavy atom. The summed E-state index contributed by atoms with van der Waals surface area (Å²) in [4.78, 5) is 19.0. The Bertz CT molecular complexity index is 976. The van der Waals surface area contributed by atoms with Gasteiger partial charge in [0.1, 0.15) is 12.0 Å². The molecule has 0 saturated carbocycles. The zero-order chi connectivity index (χ0) is 19.5. The van der Waals surface area contributed by atoms with Gasteiger partial charge in [0.25, 0.3) is 0 Å². The zero-order valence-corrected chi connectivity index (χ0v) is 15.8. The van der Waals surface area contributed by atoms with Crippen LogP contribution in [0, 0.1) is 5.82 Å². The number of nitrogens with one attached hydrogen (secondary N) is 2. The Morgan fingerprint density at radius 1 is 1.04 bits per heavy atom. The second-order valence-corrected chi connectivity index (χ2v) is 7.70. The Balaban J connectivity index is 1.65. The second kappa shape index (κ2) is 8.29. The van der Waals surface area contributed by atoms with Crippen molar-refractivity contribution in [1.29, 1.82) is 0 Å². The molecule has 148 valence electrons. The molecule has 0 aliphatic carbocycles. The van der Waals surface area contributed by atoms with E-state index in [4.69, 9.17) is 0 Å². The highest BCUT2D eigenvalue weighted by Crippen LogP contribution is 2.31. The Hall–Kier alpha value is -2.44. The van der Waals surface area contributed by atoms with Gasteiger partial charge in [0, 0.05) is 13.1 Å². The van der Waals surface area contributed by atoms with Crippen LogP contribution in [0.5, 0.6) is 0 Å². The summed E-state index contributed by atoms with van der Waals surface area (Å²) in [6, 6.07) is 13.0. The molecule has 0 amide bonds. The highest BCUT2D eigenvalue weighted by Gasteiger charge is 2.25. The lowest BCUT2D eigenvalue weighted by molar-refractivity contribution is -0.0181. The number of aromatic amines is 2. The highest BCUT2D eigenvalue weighted by molar-refractivity contribution is 5.75. The fraction of sp³-hybridized carbons (Fsp3) is 0.409. The van der Waals surface area contributed by atoms with Gasteiger partial charge in [-0.2, -0.15) is 0 Å². The standard InChI is InChI=1S/C22H26FN3O2/c23-18-14-20-19(24-22(28)25-20)13-17(18)16(11-15-7-3-1-4-8-15)12-21(27)26-9-5-2-6-10-26/h1,3-4,7-8,13-14,16,21,27H,2,5-6,9-12H2,(H2,24,25,28)/t16-,21?/m0/s1. The number of rotatable bonds is 6. The van der Waals surface area contributed by atoms with Crippen molar-refractivity contribution >= 4 is 11.0 Å². The number of aliphatic hydroxyl groups is 1. The van der Waals surface area contributed by atoms with E-state index < -0.39 is 6.23 Å². The molecule has 2 aromatic carbocycles. The number of halogens is 1. The third-order valence-electron chi connectivity index (χ3n) is 5.71. The lowest BCUT2D eigenvalue weighted by atomic mass is 9.87. The fourth-order valence-corrected chi connectivity index (χ4v) is 4.22. The molecule has 0 radical (unpaired) electrons. The molecular formula is C22H26FN3O2. The molecule has 1 saturated heterocycles. The van der Waals surface area contributed by atoms with E-state index in [2.05, 4.69) is 14.9 Å². The topological polar surface area (TPSA) is 72.1 Å². The number of imidazole rings is 1. The van der Waals surface area contributed by atoms with Gasteiger partial charge >= 0.3 is 5.69 Å². The van der Waals surface area contributed by atoms with Crippen LogP contribution in [0.25, 0.3) is 11.0 Å². The molecule has 3 N–H and O–H groups in total. The van der Waals surface area contributed by atoms with Gasteiger partial charge in [-0.05, 0) is 54.9 Å². The normalized spacial score (nSPS) is 17.6. The number of benzene rings is 2. The van der Waals surface area contributed by atoms with Gasteiger partial charge < -0.3 is 15.1 Å². The van der Waals surface area contributed by atoms with Crippen LogP contribution in [0.2, 0.25) is 0 Å². The molecule has 5 nitrogen and oxygen atoms in total. The summed E-state index contributed by atoms with van der Waals surface area (Å²) in [6.45, 7) is 1.76. The van der Waals surface area contributed by atoms with Gasteiger partial charge in [-0.15, -0.1) is 0 Å². The molecule has 1 fully saturated rings. The average molecular weight is 383 g/mol. The van der Waals surface area contributed by atoms with Crippen LogP contribution in [0.1, 0.15) is 42.7 Å². The molecule has 2 heterocycles. The summed E-state index contributed by atoms with van der Waals surface area (Å²) in [6.07, 6.45) is 3.85. The smallest absolute Gasteiger partial charge is 0.323 e. The predicted molar refractivity (Wildman–Crippen MR) is 108 cm³/mol. The quantitative estimate of drug-likeness (QED) is 0.610. The summed E-state index contributed by atoms with van der Waals surface area (Å²) in [7, 11) is 0. The molecule has 28 heavy (non-hydrogen) atoms. The fourth-order valence-electron chi connectivity index (χ4n) is 4.22. The zero-order valence-electron chi connectivity index (χ0n) is 15.8. The van der Waals surface area contributed by atoms with Crippen LogP contribution in [0.4, 0.5) is 4.39 Å². The van der Waals surface area contributed by atoms with Gasteiger partial charge in [0.2, 0.25) is 0 Å². The average Bonchev–Trinajstić information content (AvgIpc) is 3.07. The summed E-state index contributed by atoms with van der Waals surface area (Å²) in [5.41, 5.74) is 2.33.